The molecule has 0 saturated carbocycles. The molecule has 2 amide bonds. The van der Waals surface area contributed by atoms with Crippen molar-refractivity contribution in [1.82, 2.24) is 10.2 Å². The molecule has 2 aromatic rings. The molecule has 3 rings (SSSR count). The number of amidine groups is 1. The first kappa shape index (κ1) is 19.9. The van der Waals surface area contributed by atoms with E-state index in [1.807, 2.05) is 54.6 Å². The fraction of sp³-hybridized carbons (Fsp3) is 0.250. The lowest BCUT2D eigenvalue weighted by Crippen LogP contribution is -2.33. The van der Waals surface area contributed by atoms with Crippen molar-refractivity contribution in [2.75, 3.05) is 13.6 Å². The molecule has 0 aromatic heterocycles. The molecule has 1 aliphatic heterocycles. The van der Waals surface area contributed by atoms with Gasteiger partial charge in [-0.05, 0) is 58.8 Å². The Morgan fingerprint density at radius 2 is 1.89 bits per heavy atom. The van der Waals surface area contributed by atoms with Gasteiger partial charge in [0.05, 0.1) is 5.69 Å². The third-order valence-electron chi connectivity index (χ3n) is 4.14. The third kappa shape index (κ3) is 5.55. The monoisotopic (exact) mass is 493 g/mol. The van der Waals surface area contributed by atoms with Gasteiger partial charge in [0.15, 0.2) is 5.17 Å². The molecular formula is C20H20IN3O2S. The lowest BCUT2D eigenvalue weighted by atomic mass is 10.1. The van der Waals surface area contributed by atoms with Crippen LogP contribution in [0.25, 0.3) is 0 Å². The van der Waals surface area contributed by atoms with Gasteiger partial charge in [0.2, 0.25) is 11.8 Å². The molecule has 5 nitrogen and oxygen atoms in total. The minimum absolute atomic E-state index is 0.0810. The van der Waals surface area contributed by atoms with Crippen LogP contribution >= 0.6 is 34.4 Å². The second-order valence-corrected chi connectivity index (χ2v) is 8.58. The maximum atomic E-state index is 12.4. The first-order valence-corrected chi connectivity index (χ1v) is 10.6. The number of amides is 2. The number of carbonyl (C=O) groups is 2. The lowest BCUT2D eigenvalue weighted by Gasteiger charge is -2.09. The van der Waals surface area contributed by atoms with Crippen molar-refractivity contribution in [2.24, 2.45) is 4.99 Å². The Morgan fingerprint density at radius 3 is 2.59 bits per heavy atom. The van der Waals surface area contributed by atoms with E-state index in [4.69, 9.17) is 0 Å². The number of hydrogen-bond acceptors (Lipinski definition) is 4. The summed E-state index contributed by atoms with van der Waals surface area (Å²) in [6, 6.07) is 17.8. The van der Waals surface area contributed by atoms with E-state index < -0.39 is 5.25 Å². The second kappa shape index (κ2) is 9.36. The molecule has 1 aliphatic rings. The smallest absolute Gasteiger partial charge is 0.242 e. The summed E-state index contributed by atoms with van der Waals surface area (Å²) in [6.45, 7) is 0.563. The van der Waals surface area contributed by atoms with Gasteiger partial charge < -0.3 is 5.32 Å². The van der Waals surface area contributed by atoms with Crippen LogP contribution in [0.3, 0.4) is 0 Å². The maximum Gasteiger partial charge on any atom is 0.242 e. The van der Waals surface area contributed by atoms with Crippen LogP contribution in [0.5, 0.6) is 0 Å². The molecule has 0 radical (unpaired) electrons. The highest BCUT2D eigenvalue weighted by atomic mass is 127. The molecule has 7 heteroatoms. The van der Waals surface area contributed by atoms with Crippen LogP contribution in [0.4, 0.5) is 5.69 Å². The third-order valence-corrected chi connectivity index (χ3v) is 6.09. The normalized spacial score (nSPS) is 18.1. The van der Waals surface area contributed by atoms with Crippen LogP contribution in [0.2, 0.25) is 0 Å². The summed E-state index contributed by atoms with van der Waals surface area (Å²) in [5.41, 5.74) is 1.97. The number of aliphatic imine (C=N–C) groups is 1. The molecular weight excluding hydrogens is 473 g/mol. The minimum atomic E-state index is -0.422. The van der Waals surface area contributed by atoms with Crippen molar-refractivity contribution in [3.63, 3.8) is 0 Å². The van der Waals surface area contributed by atoms with Gasteiger partial charge in [-0.3, -0.25) is 14.5 Å². The molecule has 140 valence electrons. The van der Waals surface area contributed by atoms with E-state index >= 15 is 0 Å². The van der Waals surface area contributed by atoms with Crippen molar-refractivity contribution < 1.29 is 9.59 Å². The number of benzene rings is 2. The Labute approximate surface area is 176 Å². The predicted octanol–water partition coefficient (Wildman–Crippen LogP) is 3.60. The van der Waals surface area contributed by atoms with Gasteiger partial charge in [-0.25, -0.2) is 4.99 Å². The molecule has 0 bridgehead atoms. The maximum absolute atomic E-state index is 12.4. The Morgan fingerprint density at radius 1 is 1.19 bits per heavy atom. The van der Waals surface area contributed by atoms with Crippen LogP contribution in [-0.2, 0) is 16.0 Å². The first-order chi connectivity index (χ1) is 13.0. The summed E-state index contributed by atoms with van der Waals surface area (Å²) >= 11 is 3.58. The zero-order valence-electron chi connectivity index (χ0n) is 14.9. The van der Waals surface area contributed by atoms with Crippen molar-refractivity contribution in [2.45, 2.75) is 18.1 Å². The Balaban J connectivity index is 1.53. The van der Waals surface area contributed by atoms with Crippen molar-refractivity contribution in [3.8, 4) is 0 Å². The fourth-order valence-electron chi connectivity index (χ4n) is 2.65. The molecule has 0 spiro atoms. The average Bonchev–Trinajstić information content (AvgIpc) is 2.92. The predicted molar refractivity (Wildman–Crippen MR) is 118 cm³/mol. The van der Waals surface area contributed by atoms with Crippen LogP contribution < -0.4 is 5.32 Å². The number of nitrogens with one attached hydrogen (secondary N) is 1. The van der Waals surface area contributed by atoms with Gasteiger partial charge >= 0.3 is 0 Å². The topological polar surface area (TPSA) is 61.8 Å². The van der Waals surface area contributed by atoms with Crippen molar-refractivity contribution >= 4 is 57.0 Å². The van der Waals surface area contributed by atoms with Gasteiger partial charge in [0.1, 0.15) is 5.25 Å². The van der Waals surface area contributed by atoms with Crippen molar-refractivity contribution in [1.29, 1.82) is 0 Å². The molecule has 0 unspecified atom stereocenters. The molecule has 0 aliphatic carbocycles. The average molecular weight is 493 g/mol. The summed E-state index contributed by atoms with van der Waals surface area (Å²) in [5.74, 6) is -0.192. The Bertz CT molecular complexity index is 840. The lowest BCUT2D eigenvalue weighted by molar-refractivity contribution is -0.128. The molecule has 2 aromatic carbocycles. The highest BCUT2D eigenvalue weighted by molar-refractivity contribution is 14.1. The van der Waals surface area contributed by atoms with Crippen LogP contribution in [0.15, 0.2) is 59.6 Å². The SMILES string of the molecule is CN1C(=O)[C@H](CC(=O)NCCc2ccccc2)SC1=Nc1ccc(I)cc1. The van der Waals surface area contributed by atoms with E-state index in [1.54, 1.807) is 7.05 Å². The van der Waals surface area contributed by atoms with E-state index in [2.05, 4.69) is 32.9 Å². The highest BCUT2D eigenvalue weighted by Gasteiger charge is 2.36. The summed E-state index contributed by atoms with van der Waals surface area (Å²) in [6.07, 6.45) is 0.937. The molecule has 1 saturated heterocycles. The number of carbonyl (C=O) groups excluding carboxylic acids is 2. The fourth-order valence-corrected chi connectivity index (χ4v) is 4.17. The standard InChI is InChI=1S/C20H20IN3O2S/c1-24-19(26)17(27-20(24)23-16-9-7-15(21)8-10-16)13-18(25)22-12-11-14-5-3-2-4-6-14/h2-10,17H,11-13H2,1H3,(H,22,25)/t17-/m0/s1. The van der Waals surface area contributed by atoms with E-state index in [9.17, 15) is 9.59 Å². The molecule has 1 heterocycles. The molecule has 1 N–H and O–H groups in total. The Kier molecular flexibility index (Phi) is 6.89. The van der Waals surface area contributed by atoms with E-state index in [0.29, 0.717) is 11.7 Å². The highest BCUT2D eigenvalue weighted by Crippen LogP contribution is 2.30. The number of thioether (sulfide) groups is 1. The Hall–Kier alpha value is -1.87. The zero-order chi connectivity index (χ0) is 19.2. The van der Waals surface area contributed by atoms with Gasteiger partial charge in [-0.1, -0.05) is 42.1 Å². The summed E-state index contributed by atoms with van der Waals surface area (Å²) in [4.78, 5) is 30.7. The second-order valence-electron chi connectivity index (χ2n) is 6.16. The van der Waals surface area contributed by atoms with Gasteiger partial charge in [0.25, 0.3) is 0 Å². The van der Waals surface area contributed by atoms with Crippen LogP contribution in [0, 0.1) is 3.57 Å². The van der Waals surface area contributed by atoms with Gasteiger partial charge in [-0.15, -0.1) is 0 Å². The molecule has 1 atom stereocenters. The largest absolute Gasteiger partial charge is 0.356 e. The summed E-state index contributed by atoms with van der Waals surface area (Å²) in [7, 11) is 1.70. The van der Waals surface area contributed by atoms with Crippen molar-refractivity contribution in [3.05, 3.63) is 63.7 Å². The summed E-state index contributed by atoms with van der Waals surface area (Å²) in [5, 5.41) is 3.11. The van der Waals surface area contributed by atoms with E-state index in [0.717, 1.165) is 15.7 Å². The number of nitrogens with zero attached hydrogens (tertiary/aromatic N) is 2. The van der Waals surface area contributed by atoms with E-state index in [-0.39, 0.29) is 18.2 Å². The van der Waals surface area contributed by atoms with Gasteiger partial charge in [0, 0.05) is 23.6 Å². The molecule has 1 fully saturated rings. The van der Waals surface area contributed by atoms with Gasteiger partial charge in [-0.2, -0.15) is 0 Å². The zero-order valence-corrected chi connectivity index (χ0v) is 17.9. The first-order valence-electron chi connectivity index (χ1n) is 8.62. The number of rotatable bonds is 6. The van der Waals surface area contributed by atoms with E-state index in [1.165, 1.54) is 22.2 Å². The minimum Gasteiger partial charge on any atom is -0.356 e. The van der Waals surface area contributed by atoms with Crippen LogP contribution in [0.1, 0.15) is 12.0 Å². The number of hydrogen-bond donors (Lipinski definition) is 1. The quantitative estimate of drug-likeness (QED) is 0.626. The summed E-state index contributed by atoms with van der Waals surface area (Å²) < 4.78 is 1.13. The molecule has 27 heavy (non-hydrogen) atoms. The number of halogens is 1. The van der Waals surface area contributed by atoms with Crippen LogP contribution in [-0.4, -0.2) is 40.7 Å².